The molecule has 2 saturated carbocycles. The molecule has 2 aliphatic heterocycles. The molecular formula is C26H22N2O5S2. The zero-order valence-corrected chi connectivity index (χ0v) is 20.3. The molecular weight excluding hydrogens is 484 g/mol. The number of H-pyrrole nitrogens is 1. The van der Waals surface area contributed by atoms with E-state index in [4.69, 9.17) is 4.74 Å². The highest BCUT2D eigenvalue weighted by Crippen LogP contribution is 2.68. The van der Waals surface area contributed by atoms with Crippen LogP contribution < -0.4 is 14.5 Å². The van der Waals surface area contributed by atoms with E-state index in [9.17, 15) is 19.5 Å². The molecule has 2 N–H and O–H groups in total. The fourth-order valence-electron chi connectivity index (χ4n) is 7.06. The fourth-order valence-corrected chi connectivity index (χ4v) is 9.95. The molecule has 2 aromatic carbocycles. The van der Waals surface area contributed by atoms with Crippen molar-refractivity contribution in [2.45, 2.75) is 22.6 Å². The summed E-state index contributed by atoms with van der Waals surface area (Å²) >= 11 is 2.91. The van der Waals surface area contributed by atoms with Crippen molar-refractivity contribution in [3.05, 3.63) is 68.6 Å². The Morgan fingerprint density at radius 2 is 1.66 bits per heavy atom. The zero-order chi connectivity index (χ0) is 24.0. The second-order valence-corrected chi connectivity index (χ2v) is 12.0. The number of thiazole rings is 1. The molecule has 2 aliphatic carbocycles. The SMILES string of the molecule is COc1ccc(N2C(=O)[C@@H]3[C@H]4C[C@@H]([C@@H]3C2=O)[C@@H]2[C@H](c3ccc(O)cc3)c3sc(=O)[nH]c3S[C@@H]42)cc1. The first-order valence-corrected chi connectivity index (χ1v) is 13.4. The fraction of sp³-hybridized carbons (Fsp3) is 0.346. The average molecular weight is 507 g/mol. The highest BCUT2D eigenvalue weighted by molar-refractivity contribution is 8.00. The van der Waals surface area contributed by atoms with Crippen molar-refractivity contribution in [2.75, 3.05) is 12.0 Å². The summed E-state index contributed by atoms with van der Waals surface area (Å²) in [7, 11) is 1.58. The summed E-state index contributed by atoms with van der Waals surface area (Å²) in [5.74, 6) is 0.217. The lowest BCUT2D eigenvalue weighted by Crippen LogP contribution is -2.42. The van der Waals surface area contributed by atoms with Crippen molar-refractivity contribution in [3.8, 4) is 11.5 Å². The van der Waals surface area contributed by atoms with E-state index >= 15 is 0 Å². The van der Waals surface area contributed by atoms with Crippen molar-refractivity contribution < 1.29 is 19.4 Å². The third-order valence-electron chi connectivity index (χ3n) is 8.31. The number of methoxy groups -OCH3 is 1. The van der Waals surface area contributed by atoms with Gasteiger partial charge in [0.05, 0.1) is 29.7 Å². The Kier molecular flexibility index (Phi) is 4.54. The molecule has 1 aromatic heterocycles. The summed E-state index contributed by atoms with van der Waals surface area (Å²) in [6, 6.07) is 14.2. The van der Waals surface area contributed by atoms with Gasteiger partial charge in [-0.1, -0.05) is 23.5 Å². The van der Waals surface area contributed by atoms with E-state index in [1.807, 2.05) is 12.1 Å². The Morgan fingerprint density at radius 1 is 0.971 bits per heavy atom. The van der Waals surface area contributed by atoms with Gasteiger partial charge in [-0.3, -0.25) is 19.3 Å². The van der Waals surface area contributed by atoms with Crippen molar-refractivity contribution in [3.63, 3.8) is 0 Å². The van der Waals surface area contributed by atoms with Crippen LogP contribution in [0.2, 0.25) is 0 Å². The Hall–Kier alpha value is -3.04. The summed E-state index contributed by atoms with van der Waals surface area (Å²) in [6.07, 6.45) is 0.847. The largest absolute Gasteiger partial charge is 0.508 e. The van der Waals surface area contributed by atoms with Gasteiger partial charge in [-0.25, -0.2) is 0 Å². The molecule has 0 radical (unpaired) electrons. The van der Waals surface area contributed by atoms with Crippen LogP contribution in [0.3, 0.4) is 0 Å². The van der Waals surface area contributed by atoms with E-state index in [1.54, 1.807) is 55.3 Å². The van der Waals surface area contributed by atoms with Gasteiger partial charge in [0.2, 0.25) is 11.8 Å². The highest BCUT2D eigenvalue weighted by atomic mass is 32.2. The molecule has 1 saturated heterocycles. The summed E-state index contributed by atoms with van der Waals surface area (Å²) in [4.78, 5) is 45.0. The Balaban J connectivity index is 1.30. The molecule has 2 bridgehead atoms. The van der Waals surface area contributed by atoms with Gasteiger partial charge in [0.15, 0.2) is 0 Å². The molecule has 3 heterocycles. The van der Waals surface area contributed by atoms with Crippen molar-refractivity contribution in [2.24, 2.45) is 29.6 Å². The second kappa shape index (κ2) is 7.48. The number of nitrogens with one attached hydrogen (secondary N) is 1. The zero-order valence-electron chi connectivity index (χ0n) is 18.7. The highest BCUT2D eigenvalue weighted by Gasteiger charge is 2.69. The number of aromatic nitrogens is 1. The molecule has 3 aromatic rings. The molecule has 2 amide bonds. The van der Waals surface area contributed by atoms with E-state index in [1.165, 1.54) is 16.2 Å². The number of hydrogen-bond acceptors (Lipinski definition) is 7. The average Bonchev–Trinajstić information content (AvgIpc) is 3.59. The summed E-state index contributed by atoms with van der Waals surface area (Å²) in [5.41, 5.74) is 1.62. The van der Waals surface area contributed by atoms with Crippen LogP contribution in [0.25, 0.3) is 0 Å². The number of carbonyl (C=O) groups excluding carboxylic acids is 2. The minimum absolute atomic E-state index is 0.0466. The van der Waals surface area contributed by atoms with Gasteiger partial charge in [0.1, 0.15) is 11.5 Å². The first kappa shape index (κ1) is 21.3. The topological polar surface area (TPSA) is 99.7 Å². The Bertz CT molecular complexity index is 1410. The maximum absolute atomic E-state index is 13.7. The number of fused-ring (bicyclic) bond motifs is 9. The van der Waals surface area contributed by atoms with E-state index in [0.717, 1.165) is 21.9 Å². The number of nitrogens with zero attached hydrogens (tertiary/aromatic N) is 1. The van der Waals surface area contributed by atoms with Crippen LogP contribution in [0.4, 0.5) is 5.69 Å². The summed E-state index contributed by atoms with van der Waals surface area (Å²) in [6.45, 7) is 0. The van der Waals surface area contributed by atoms with Crippen LogP contribution in [0.5, 0.6) is 11.5 Å². The monoisotopic (exact) mass is 506 g/mol. The second-order valence-electron chi connectivity index (χ2n) is 9.76. The number of anilines is 1. The lowest BCUT2D eigenvalue weighted by atomic mass is 9.68. The molecule has 7 rings (SSSR count). The molecule has 0 unspecified atom stereocenters. The number of imide groups is 1. The predicted molar refractivity (Wildman–Crippen MR) is 132 cm³/mol. The Morgan fingerprint density at radius 3 is 2.34 bits per heavy atom. The number of phenolic OH excluding ortho intramolecular Hbond substituents is 1. The van der Waals surface area contributed by atoms with E-state index in [-0.39, 0.29) is 63.2 Å². The maximum atomic E-state index is 13.7. The maximum Gasteiger partial charge on any atom is 0.305 e. The van der Waals surface area contributed by atoms with Crippen LogP contribution in [0.15, 0.2) is 58.4 Å². The van der Waals surface area contributed by atoms with Gasteiger partial charge in [0.25, 0.3) is 0 Å². The number of carbonyl (C=O) groups is 2. The number of thioether (sulfide) groups is 1. The number of rotatable bonds is 3. The minimum atomic E-state index is -0.340. The number of benzene rings is 2. The van der Waals surface area contributed by atoms with Gasteiger partial charge >= 0.3 is 4.87 Å². The van der Waals surface area contributed by atoms with Gasteiger partial charge in [-0.15, -0.1) is 11.8 Å². The molecule has 3 fully saturated rings. The quantitative estimate of drug-likeness (QED) is 0.524. The molecule has 4 aliphatic rings. The smallest absolute Gasteiger partial charge is 0.305 e. The third-order valence-corrected chi connectivity index (χ3v) is 10.9. The Labute approximate surface area is 209 Å². The van der Waals surface area contributed by atoms with Crippen LogP contribution in [0.1, 0.15) is 22.8 Å². The molecule has 7 nitrogen and oxygen atoms in total. The first-order chi connectivity index (χ1) is 17.0. The first-order valence-electron chi connectivity index (χ1n) is 11.7. The lowest BCUT2D eigenvalue weighted by molar-refractivity contribution is -0.123. The standard InChI is InChI=1S/C26H22N2O5S2/c1-33-14-8-4-12(5-9-14)28-24(30)19-15-10-16(20(19)25(28)31)21-18(15)17(11-2-6-13(29)7-3-11)22-23(34-21)27-26(32)35-22/h2-9,15-21,29H,10H2,1H3,(H,27,32)/t15-,16-,17+,18-,19+,20-,21+/m1/s1. The van der Waals surface area contributed by atoms with Gasteiger partial charge in [-0.2, -0.15) is 0 Å². The number of hydrogen-bond donors (Lipinski definition) is 2. The molecule has 9 heteroatoms. The number of amides is 2. The molecule has 178 valence electrons. The minimum Gasteiger partial charge on any atom is -0.508 e. The van der Waals surface area contributed by atoms with E-state index in [0.29, 0.717) is 11.4 Å². The van der Waals surface area contributed by atoms with E-state index < -0.39 is 0 Å². The van der Waals surface area contributed by atoms with Crippen LogP contribution in [-0.2, 0) is 9.59 Å². The van der Waals surface area contributed by atoms with Crippen molar-refractivity contribution in [1.82, 2.24) is 4.98 Å². The molecule has 0 spiro atoms. The number of ether oxygens (including phenoxy) is 1. The van der Waals surface area contributed by atoms with Gasteiger partial charge < -0.3 is 14.8 Å². The molecule has 7 atom stereocenters. The number of aromatic hydroxyl groups is 1. The van der Waals surface area contributed by atoms with Crippen LogP contribution >= 0.6 is 23.1 Å². The number of aromatic amines is 1. The summed E-state index contributed by atoms with van der Waals surface area (Å²) in [5, 5.41) is 10.9. The normalized spacial score (nSPS) is 32.5. The van der Waals surface area contributed by atoms with Crippen LogP contribution in [-0.4, -0.2) is 34.3 Å². The van der Waals surface area contributed by atoms with Gasteiger partial charge in [-0.05, 0) is 66.1 Å². The van der Waals surface area contributed by atoms with Crippen molar-refractivity contribution in [1.29, 1.82) is 0 Å². The molecule has 35 heavy (non-hydrogen) atoms. The summed E-state index contributed by atoms with van der Waals surface area (Å²) < 4.78 is 5.23. The van der Waals surface area contributed by atoms with E-state index in [2.05, 4.69) is 4.98 Å². The number of phenols is 1. The van der Waals surface area contributed by atoms with Crippen molar-refractivity contribution >= 4 is 40.6 Å². The van der Waals surface area contributed by atoms with Crippen LogP contribution in [0, 0.1) is 29.6 Å². The lowest BCUT2D eigenvalue weighted by Gasteiger charge is -2.43. The predicted octanol–water partition coefficient (Wildman–Crippen LogP) is 3.83. The van der Waals surface area contributed by atoms with Gasteiger partial charge in [0, 0.05) is 16.0 Å². The third kappa shape index (κ3) is 2.88.